The third-order valence-corrected chi connectivity index (χ3v) is 4.90. The third-order valence-electron chi connectivity index (χ3n) is 3.36. The fourth-order valence-corrected chi connectivity index (χ4v) is 3.71. The molecule has 21 heavy (non-hydrogen) atoms. The molecule has 1 fully saturated rings. The standard InChI is InChI=1S/C12H16FN3O4S/c1-8-6-9(4-5-14-8)15-21(19,20)12-7-10(16(17)18)2-3-11(12)13/h2-3,7-9,14-15H,4-6H2,1H3. The highest BCUT2D eigenvalue weighted by Gasteiger charge is 2.27. The maximum Gasteiger partial charge on any atom is 0.270 e. The van der Waals surface area contributed by atoms with Gasteiger partial charge in [0.2, 0.25) is 10.0 Å². The molecule has 1 aliphatic rings. The minimum atomic E-state index is -4.13. The van der Waals surface area contributed by atoms with E-state index >= 15 is 0 Å². The van der Waals surface area contributed by atoms with E-state index in [1.807, 2.05) is 6.92 Å². The van der Waals surface area contributed by atoms with Crippen LogP contribution in [0.2, 0.25) is 0 Å². The fourth-order valence-electron chi connectivity index (χ4n) is 2.33. The van der Waals surface area contributed by atoms with E-state index in [0.29, 0.717) is 19.4 Å². The highest BCUT2D eigenvalue weighted by molar-refractivity contribution is 7.89. The predicted molar refractivity (Wildman–Crippen MR) is 73.9 cm³/mol. The number of hydrogen-bond donors (Lipinski definition) is 2. The Labute approximate surface area is 121 Å². The average Bonchev–Trinajstić information content (AvgIpc) is 2.38. The summed E-state index contributed by atoms with van der Waals surface area (Å²) in [6, 6.07) is 2.30. The molecule has 0 spiro atoms. The van der Waals surface area contributed by atoms with Crippen LogP contribution in [0, 0.1) is 15.9 Å². The number of piperidine rings is 1. The monoisotopic (exact) mass is 317 g/mol. The average molecular weight is 317 g/mol. The van der Waals surface area contributed by atoms with Crippen LogP contribution in [0.4, 0.5) is 10.1 Å². The molecule has 1 aromatic rings. The van der Waals surface area contributed by atoms with Gasteiger partial charge in [-0.1, -0.05) is 0 Å². The SMILES string of the molecule is CC1CC(NS(=O)(=O)c2cc([N+](=O)[O-])ccc2F)CCN1. The minimum Gasteiger partial charge on any atom is -0.314 e. The van der Waals surface area contributed by atoms with Gasteiger partial charge < -0.3 is 5.32 Å². The van der Waals surface area contributed by atoms with Crippen molar-refractivity contribution < 1.29 is 17.7 Å². The summed E-state index contributed by atoms with van der Waals surface area (Å²) in [5.74, 6) is -1.00. The number of nitro benzene ring substituents is 1. The largest absolute Gasteiger partial charge is 0.314 e. The lowest BCUT2D eigenvalue weighted by Crippen LogP contribution is -2.46. The molecule has 2 N–H and O–H groups in total. The van der Waals surface area contributed by atoms with Crippen molar-refractivity contribution in [3.8, 4) is 0 Å². The second-order valence-electron chi connectivity index (χ2n) is 5.07. The second kappa shape index (κ2) is 6.04. The quantitative estimate of drug-likeness (QED) is 0.641. The van der Waals surface area contributed by atoms with Crippen LogP contribution in [0.25, 0.3) is 0 Å². The number of benzene rings is 1. The van der Waals surface area contributed by atoms with Crippen molar-refractivity contribution in [3.63, 3.8) is 0 Å². The Morgan fingerprint density at radius 2 is 2.19 bits per heavy atom. The van der Waals surface area contributed by atoms with Crippen LogP contribution in [0.3, 0.4) is 0 Å². The van der Waals surface area contributed by atoms with E-state index in [-0.39, 0.29) is 12.1 Å². The van der Waals surface area contributed by atoms with Gasteiger partial charge in [-0.25, -0.2) is 17.5 Å². The highest BCUT2D eigenvalue weighted by atomic mass is 32.2. The predicted octanol–water partition coefficient (Wildman–Crippen LogP) is 1.15. The lowest BCUT2D eigenvalue weighted by Gasteiger charge is -2.28. The fraction of sp³-hybridized carbons (Fsp3) is 0.500. The maximum atomic E-state index is 13.7. The van der Waals surface area contributed by atoms with Crippen LogP contribution in [-0.2, 0) is 10.0 Å². The van der Waals surface area contributed by atoms with Gasteiger partial charge in [0.05, 0.1) is 4.92 Å². The summed E-state index contributed by atoms with van der Waals surface area (Å²) in [4.78, 5) is 9.23. The summed E-state index contributed by atoms with van der Waals surface area (Å²) < 4.78 is 40.5. The third kappa shape index (κ3) is 3.74. The number of hydrogen-bond acceptors (Lipinski definition) is 5. The molecule has 116 valence electrons. The zero-order chi connectivity index (χ0) is 15.6. The molecule has 2 atom stereocenters. The summed E-state index contributed by atoms with van der Waals surface area (Å²) in [6.45, 7) is 2.58. The Hall–Kier alpha value is -1.58. The Balaban J connectivity index is 2.26. The Morgan fingerprint density at radius 3 is 2.81 bits per heavy atom. The molecule has 0 aromatic heterocycles. The second-order valence-corrected chi connectivity index (χ2v) is 6.75. The summed E-state index contributed by atoms with van der Waals surface area (Å²) >= 11 is 0. The number of nitrogens with zero attached hydrogens (tertiary/aromatic N) is 1. The van der Waals surface area contributed by atoms with E-state index in [1.54, 1.807) is 0 Å². The Bertz CT molecular complexity index is 650. The summed E-state index contributed by atoms with van der Waals surface area (Å²) in [6.07, 6.45) is 1.16. The highest BCUT2D eigenvalue weighted by Crippen LogP contribution is 2.22. The van der Waals surface area contributed by atoms with Crippen molar-refractivity contribution in [1.82, 2.24) is 10.0 Å². The molecule has 1 aliphatic heterocycles. The van der Waals surface area contributed by atoms with Crippen LogP contribution in [0.5, 0.6) is 0 Å². The Morgan fingerprint density at radius 1 is 1.48 bits per heavy atom. The Kier molecular flexibility index (Phi) is 4.55. The van der Waals surface area contributed by atoms with Crippen molar-refractivity contribution >= 4 is 15.7 Å². The zero-order valence-electron chi connectivity index (χ0n) is 11.4. The lowest BCUT2D eigenvalue weighted by atomic mass is 10.0. The molecule has 1 heterocycles. The molecule has 0 radical (unpaired) electrons. The molecule has 7 nitrogen and oxygen atoms in total. The number of sulfonamides is 1. The number of non-ortho nitro benzene ring substituents is 1. The van der Waals surface area contributed by atoms with E-state index < -0.39 is 31.3 Å². The van der Waals surface area contributed by atoms with Gasteiger partial charge in [-0.3, -0.25) is 10.1 Å². The van der Waals surface area contributed by atoms with Gasteiger partial charge in [-0.15, -0.1) is 0 Å². The van der Waals surface area contributed by atoms with Gasteiger partial charge in [0.15, 0.2) is 0 Å². The molecule has 0 bridgehead atoms. The molecule has 0 aliphatic carbocycles. The summed E-state index contributed by atoms with van der Waals surface area (Å²) in [5, 5.41) is 13.9. The van der Waals surface area contributed by atoms with Crippen LogP contribution >= 0.6 is 0 Å². The molecule has 2 unspecified atom stereocenters. The van der Waals surface area contributed by atoms with Crippen LogP contribution < -0.4 is 10.0 Å². The molecule has 2 rings (SSSR count). The topological polar surface area (TPSA) is 101 Å². The van der Waals surface area contributed by atoms with E-state index in [2.05, 4.69) is 10.0 Å². The lowest BCUT2D eigenvalue weighted by molar-refractivity contribution is -0.385. The van der Waals surface area contributed by atoms with Gasteiger partial charge in [-0.2, -0.15) is 0 Å². The van der Waals surface area contributed by atoms with Crippen molar-refractivity contribution in [1.29, 1.82) is 0 Å². The first-order chi connectivity index (χ1) is 9.79. The van der Waals surface area contributed by atoms with E-state index in [0.717, 1.165) is 18.2 Å². The van der Waals surface area contributed by atoms with Crippen LogP contribution in [0.1, 0.15) is 19.8 Å². The van der Waals surface area contributed by atoms with Gasteiger partial charge in [0, 0.05) is 24.2 Å². The summed E-state index contributed by atoms with van der Waals surface area (Å²) in [7, 11) is -4.13. The molecule has 0 saturated carbocycles. The maximum absolute atomic E-state index is 13.7. The van der Waals surface area contributed by atoms with Gasteiger partial charge >= 0.3 is 0 Å². The smallest absolute Gasteiger partial charge is 0.270 e. The van der Waals surface area contributed by atoms with Crippen molar-refractivity contribution in [2.45, 2.75) is 36.7 Å². The number of rotatable bonds is 4. The van der Waals surface area contributed by atoms with Crippen LogP contribution in [-0.4, -0.2) is 32.0 Å². The first kappa shape index (κ1) is 15.8. The first-order valence-corrected chi connectivity index (χ1v) is 7.97. The number of halogens is 1. The first-order valence-electron chi connectivity index (χ1n) is 6.49. The number of nitro groups is 1. The van der Waals surface area contributed by atoms with E-state index in [4.69, 9.17) is 0 Å². The number of nitrogens with one attached hydrogen (secondary N) is 2. The van der Waals surface area contributed by atoms with E-state index in [1.165, 1.54) is 0 Å². The molecule has 0 amide bonds. The molecule has 1 aromatic carbocycles. The zero-order valence-corrected chi connectivity index (χ0v) is 12.2. The van der Waals surface area contributed by atoms with Gasteiger partial charge in [-0.05, 0) is 32.4 Å². The minimum absolute atomic E-state index is 0.154. The van der Waals surface area contributed by atoms with Gasteiger partial charge in [0.25, 0.3) is 5.69 Å². The van der Waals surface area contributed by atoms with Crippen molar-refractivity contribution in [3.05, 3.63) is 34.1 Å². The molecular formula is C12H16FN3O4S. The molecule has 1 saturated heterocycles. The van der Waals surface area contributed by atoms with Crippen molar-refractivity contribution in [2.75, 3.05) is 6.54 Å². The molecule has 9 heteroatoms. The van der Waals surface area contributed by atoms with Crippen molar-refractivity contribution in [2.24, 2.45) is 0 Å². The molecular weight excluding hydrogens is 301 g/mol. The summed E-state index contributed by atoms with van der Waals surface area (Å²) in [5.41, 5.74) is -0.463. The van der Waals surface area contributed by atoms with Crippen LogP contribution in [0.15, 0.2) is 23.1 Å². The van der Waals surface area contributed by atoms with Gasteiger partial charge in [0.1, 0.15) is 10.7 Å². The van der Waals surface area contributed by atoms with E-state index in [9.17, 15) is 22.9 Å². The normalized spacial score (nSPS) is 23.0.